The molecule has 0 radical (unpaired) electrons. The molecule has 15 heavy (non-hydrogen) atoms. The minimum atomic E-state index is 0.615. The van der Waals surface area contributed by atoms with Gasteiger partial charge in [0.1, 0.15) is 12.0 Å². The van der Waals surface area contributed by atoms with Crippen LogP contribution in [-0.4, -0.2) is 5.16 Å². The van der Waals surface area contributed by atoms with Gasteiger partial charge in [0.2, 0.25) is 0 Å². The second-order valence-electron chi connectivity index (χ2n) is 3.38. The highest BCUT2D eigenvalue weighted by molar-refractivity contribution is 5.69. The molecule has 0 unspecified atom stereocenters. The van der Waals surface area contributed by atoms with Gasteiger partial charge in [0.25, 0.3) is 0 Å². The van der Waals surface area contributed by atoms with E-state index in [1.807, 2.05) is 31.2 Å². The number of benzene rings is 1. The van der Waals surface area contributed by atoms with Crippen LogP contribution in [0.25, 0.3) is 0 Å². The van der Waals surface area contributed by atoms with Gasteiger partial charge in [0, 0.05) is 6.07 Å². The molecule has 0 aliphatic rings. The molecule has 2 rings (SSSR count). The van der Waals surface area contributed by atoms with Gasteiger partial charge in [-0.05, 0) is 18.6 Å². The molecule has 0 saturated carbocycles. The van der Waals surface area contributed by atoms with Crippen LogP contribution in [0.2, 0.25) is 0 Å². The maximum Gasteiger partial charge on any atom is 0.124 e. The van der Waals surface area contributed by atoms with Gasteiger partial charge >= 0.3 is 0 Å². The van der Waals surface area contributed by atoms with Crippen LogP contribution in [0.4, 0.5) is 11.4 Å². The third-order valence-corrected chi connectivity index (χ3v) is 2.28. The Hall–Kier alpha value is -1.97. The second-order valence-corrected chi connectivity index (χ2v) is 3.38. The summed E-state index contributed by atoms with van der Waals surface area (Å²) in [5.74, 6) is 0. The van der Waals surface area contributed by atoms with E-state index in [9.17, 15) is 0 Å². The summed E-state index contributed by atoms with van der Waals surface area (Å²) in [5, 5.41) is 7.01. The normalized spacial score (nSPS) is 10.2. The number of aryl methyl sites for hydroxylation is 1. The number of nitrogens with two attached hydrogens (primary N) is 1. The average Bonchev–Trinajstić information content (AvgIpc) is 2.73. The molecule has 78 valence electrons. The van der Waals surface area contributed by atoms with Crippen LogP contribution in [-0.2, 0) is 6.54 Å². The van der Waals surface area contributed by atoms with Crippen LogP contribution >= 0.6 is 0 Å². The molecule has 3 N–H and O–H groups in total. The maximum absolute atomic E-state index is 5.92. The van der Waals surface area contributed by atoms with Gasteiger partial charge in [-0.1, -0.05) is 17.3 Å². The summed E-state index contributed by atoms with van der Waals surface area (Å²) >= 11 is 0. The molecule has 0 amide bonds. The first-order chi connectivity index (χ1) is 7.27. The Kier molecular flexibility index (Phi) is 2.58. The fourth-order valence-electron chi connectivity index (χ4n) is 1.35. The van der Waals surface area contributed by atoms with E-state index >= 15 is 0 Å². The van der Waals surface area contributed by atoms with Crippen LogP contribution in [0.1, 0.15) is 11.3 Å². The molecule has 0 aliphatic carbocycles. The zero-order valence-corrected chi connectivity index (χ0v) is 8.53. The van der Waals surface area contributed by atoms with Crippen molar-refractivity contribution < 1.29 is 4.52 Å². The Morgan fingerprint density at radius 2 is 2.27 bits per heavy atom. The molecule has 0 spiro atoms. The van der Waals surface area contributed by atoms with Gasteiger partial charge < -0.3 is 15.6 Å². The molecule has 4 nitrogen and oxygen atoms in total. The van der Waals surface area contributed by atoms with Gasteiger partial charge in [-0.3, -0.25) is 0 Å². The Labute approximate surface area is 88.1 Å². The lowest BCUT2D eigenvalue weighted by Gasteiger charge is -2.09. The summed E-state index contributed by atoms with van der Waals surface area (Å²) in [6.45, 7) is 2.60. The number of nitrogen functional groups attached to an aromatic ring is 1. The molecule has 0 aliphatic heterocycles. The summed E-state index contributed by atoms with van der Waals surface area (Å²) in [6, 6.07) is 7.72. The molecule has 1 aromatic carbocycles. The van der Waals surface area contributed by atoms with E-state index in [1.165, 1.54) is 0 Å². The average molecular weight is 203 g/mol. The molecule has 0 bridgehead atoms. The van der Waals surface area contributed by atoms with Crippen molar-refractivity contribution in [1.82, 2.24) is 5.16 Å². The largest absolute Gasteiger partial charge is 0.397 e. The quantitative estimate of drug-likeness (QED) is 0.750. The Morgan fingerprint density at radius 1 is 1.40 bits per heavy atom. The van der Waals surface area contributed by atoms with Crippen molar-refractivity contribution in [2.24, 2.45) is 0 Å². The summed E-state index contributed by atoms with van der Waals surface area (Å²) in [5.41, 5.74) is 9.55. The number of nitrogens with zero attached hydrogens (tertiary/aromatic N) is 1. The van der Waals surface area contributed by atoms with Crippen LogP contribution in [0, 0.1) is 6.92 Å². The van der Waals surface area contributed by atoms with Crippen molar-refractivity contribution in [2.75, 3.05) is 11.1 Å². The van der Waals surface area contributed by atoms with Crippen molar-refractivity contribution in [2.45, 2.75) is 13.5 Å². The van der Waals surface area contributed by atoms with Crippen molar-refractivity contribution in [1.29, 1.82) is 0 Å². The summed E-state index contributed by atoms with van der Waals surface area (Å²) < 4.78 is 4.74. The Bertz CT molecular complexity index is 437. The predicted molar refractivity (Wildman–Crippen MR) is 59.4 cm³/mol. The number of hydrogen-bond donors (Lipinski definition) is 2. The minimum absolute atomic E-state index is 0.615. The SMILES string of the molecule is Cc1cccc(NCc2ccon2)c1N. The highest BCUT2D eigenvalue weighted by atomic mass is 16.5. The molecule has 0 saturated heterocycles. The minimum Gasteiger partial charge on any atom is -0.397 e. The number of para-hydroxylation sites is 1. The van der Waals surface area contributed by atoms with Crippen LogP contribution in [0.15, 0.2) is 35.1 Å². The third-order valence-electron chi connectivity index (χ3n) is 2.28. The lowest BCUT2D eigenvalue weighted by atomic mass is 10.2. The molecule has 1 aromatic heterocycles. The van der Waals surface area contributed by atoms with E-state index in [2.05, 4.69) is 10.5 Å². The van der Waals surface area contributed by atoms with E-state index in [0.717, 1.165) is 22.6 Å². The lowest BCUT2D eigenvalue weighted by Crippen LogP contribution is -2.03. The van der Waals surface area contributed by atoms with Gasteiger partial charge in [0.05, 0.1) is 17.9 Å². The van der Waals surface area contributed by atoms with E-state index in [0.29, 0.717) is 6.54 Å². The molecular weight excluding hydrogens is 190 g/mol. The second kappa shape index (κ2) is 4.04. The fourth-order valence-corrected chi connectivity index (χ4v) is 1.35. The van der Waals surface area contributed by atoms with Gasteiger partial charge in [-0.25, -0.2) is 0 Å². The summed E-state index contributed by atoms with van der Waals surface area (Å²) in [6.07, 6.45) is 1.55. The van der Waals surface area contributed by atoms with E-state index in [4.69, 9.17) is 10.3 Å². The van der Waals surface area contributed by atoms with E-state index < -0.39 is 0 Å². The first-order valence-corrected chi connectivity index (χ1v) is 4.75. The molecule has 2 aromatic rings. The number of anilines is 2. The lowest BCUT2D eigenvalue weighted by molar-refractivity contribution is 0.412. The van der Waals surface area contributed by atoms with Gasteiger partial charge in [-0.2, -0.15) is 0 Å². The third kappa shape index (κ3) is 2.10. The fraction of sp³-hybridized carbons (Fsp3) is 0.182. The van der Waals surface area contributed by atoms with Crippen molar-refractivity contribution >= 4 is 11.4 Å². The Balaban J connectivity index is 2.08. The smallest absolute Gasteiger partial charge is 0.124 e. The number of hydrogen-bond acceptors (Lipinski definition) is 4. The van der Waals surface area contributed by atoms with E-state index in [1.54, 1.807) is 6.26 Å². The topological polar surface area (TPSA) is 64.1 Å². The van der Waals surface area contributed by atoms with Crippen molar-refractivity contribution in [3.05, 3.63) is 41.8 Å². The molecule has 1 heterocycles. The highest BCUT2D eigenvalue weighted by Gasteiger charge is 2.01. The predicted octanol–water partition coefficient (Wildman–Crippen LogP) is 2.18. The van der Waals surface area contributed by atoms with Crippen LogP contribution in [0.3, 0.4) is 0 Å². The first kappa shape index (κ1) is 9.58. The molecule has 0 fully saturated rings. The Morgan fingerprint density at radius 3 is 3.00 bits per heavy atom. The standard InChI is InChI=1S/C11H13N3O/c1-8-3-2-4-10(11(8)12)13-7-9-5-6-15-14-9/h2-6,13H,7,12H2,1H3. The maximum atomic E-state index is 5.92. The van der Waals surface area contributed by atoms with Crippen LogP contribution in [0.5, 0.6) is 0 Å². The van der Waals surface area contributed by atoms with Gasteiger partial charge in [-0.15, -0.1) is 0 Å². The summed E-state index contributed by atoms with van der Waals surface area (Å²) in [4.78, 5) is 0. The zero-order chi connectivity index (χ0) is 10.7. The van der Waals surface area contributed by atoms with Crippen molar-refractivity contribution in [3.8, 4) is 0 Å². The van der Waals surface area contributed by atoms with Crippen LogP contribution < -0.4 is 11.1 Å². The van der Waals surface area contributed by atoms with Crippen molar-refractivity contribution in [3.63, 3.8) is 0 Å². The highest BCUT2D eigenvalue weighted by Crippen LogP contribution is 2.22. The monoisotopic (exact) mass is 203 g/mol. The number of rotatable bonds is 3. The molecule has 4 heteroatoms. The summed E-state index contributed by atoms with van der Waals surface area (Å²) in [7, 11) is 0. The first-order valence-electron chi connectivity index (χ1n) is 4.75. The zero-order valence-electron chi connectivity index (χ0n) is 8.53. The number of nitrogens with one attached hydrogen (secondary N) is 1. The van der Waals surface area contributed by atoms with E-state index in [-0.39, 0.29) is 0 Å². The molecule has 0 atom stereocenters. The number of aromatic nitrogens is 1. The van der Waals surface area contributed by atoms with Gasteiger partial charge in [0.15, 0.2) is 0 Å². The molecular formula is C11H13N3O.